The summed E-state index contributed by atoms with van der Waals surface area (Å²) in [7, 11) is 0. The number of rotatable bonds is 5. The van der Waals surface area contributed by atoms with Crippen LogP contribution in [0.25, 0.3) is 27.8 Å². The van der Waals surface area contributed by atoms with Crippen molar-refractivity contribution in [2.24, 2.45) is 0 Å². The Bertz CT molecular complexity index is 1440. The van der Waals surface area contributed by atoms with E-state index in [9.17, 15) is 5.11 Å². The number of fused-ring (bicyclic) bond motifs is 2. The average Bonchev–Trinajstić information content (AvgIpc) is 3.31. The van der Waals surface area contributed by atoms with Gasteiger partial charge in [-0.25, -0.2) is 9.97 Å². The number of imidazole rings is 1. The summed E-state index contributed by atoms with van der Waals surface area (Å²) < 4.78 is 8.00. The van der Waals surface area contributed by atoms with Crippen molar-refractivity contribution < 1.29 is 9.84 Å². The predicted octanol–water partition coefficient (Wildman–Crippen LogP) is 5.11. The number of hydrogen-bond donors (Lipinski definition) is 1. The zero-order valence-electron chi connectivity index (χ0n) is 18.8. The lowest BCUT2D eigenvalue weighted by Crippen LogP contribution is -2.35. The van der Waals surface area contributed by atoms with Gasteiger partial charge in [-0.1, -0.05) is 42.5 Å². The lowest BCUT2D eigenvalue weighted by molar-refractivity contribution is 0.145. The fourth-order valence-electron chi connectivity index (χ4n) is 4.62. The molecule has 2 aromatic heterocycles. The topological polar surface area (TPSA) is 63.4 Å². The van der Waals surface area contributed by atoms with Crippen LogP contribution in [0.2, 0.25) is 0 Å². The Balaban J connectivity index is 1.31. The Labute approximate surface area is 198 Å². The van der Waals surface area contributed by atoms with Crippen molar-refractivity contribution in [1.82, 2.24) is 14.5 Å². The minimum absolute atomic E-state index is 0.200. The molecule has 3 aromatic carbocycles. The third-order valence-corrected chi connectivity index (χ3v) is 6.50. The molecule has 0 radical (unpaired) electrons. The van der Waals surface area contributed by atoms with Gasteiger partial charge in [0.1, 0.15) is 24.5 Å². The monoisotopic (exact) mass is 450 g/mol. The normalized spacial score (nSPS) is 14.7. The Morgan fingerprint density at radius 3 is 2.62 bits per heavy atom. The first-order valence-corrected chi connectivity index (χ1v) is 11.7. The van der Waals surface area contributed by atoms with Crippen molar-refractivity contribution in [3.63, 3.8) is 0 Å². The Hall–Kier alpha value is -3.90. The second-order valence-electron chi connectivity index (χ2n) is 8.78. The summed E-state index contributed by atoms with van der Waals surface area (Å²) in [4.78, 5) is 12.0. The molecule has 0 atom stereocenters. The van der Waals surface area contributed by atoms with Gasteiger partial charge in [0.15, 0.2) is 0 Å². The highest BCUT2D eigenvalue weighted by atomic mass is 16.5. The number of aliphatic hydroxyl groups excluding tert-OH is 1. The van der Waals surface area contributed by atoms with Gasteiger partial charge in [-0.2, -0.15) is 0 Å². The Morgan fingerprint density at radius 1 is 0.912 bits per heavy atom. The van der Waals surface area contributed by atoms with Gasteiger partial charge in [0.05, 0.1) is 28.3 Å². The lowest BCUT2D eigenvalue weighted by atomic mass is 10.1. The van der Waals surface area contributed by atoms with E-state index in [2.05, 4.69) is 46.3 Å². The van der Waals surface area contributed by atoms with Crippen LogP contribution in [0.4, 0.5) is 5.69 Å². The number of piperidine rings is 1. The summed E-state index contributed by atoms with van der Waals surface area (Å²) in [5.41, 5.74) is 5.07. The summed E-state index contributed by atoms with van der Waals surface area (Å²) >= 11 is 0. The fraction of sp³-hybridized carbons (Fsp3) is 0.214. The number of ether oxygens (including phenoxy) is 1. The molecule has 0 saturated carbocycles. The molecule has 6 heteroatoms. The van der Waals surface area contributed by atoms with E-state index in [1.165, 1.54) is 0 Å². The Morgan fingerprint density at radius 2 is 1.76 bits per heavy atom. The van der Waals surface area contributed by atoms with Gasteiger partial charge in [-0.05, 0) is 48.7 Å². The van der Waals surface area contributed by atoms with Crippen molar-refractivity contribution in [3.8, 4) is 11.6 Å². The van der Waals surface area contributed by atoms with Gasteiger partial charge in [-0.3, -0.25) is 4.57 Å². The third-order valence-electron chi connectivity index (χ3n) is 6.50. The van der Waals surface area contributed by atoms with Crippen molar-refractivity contribution in [2.75, 3.05) is 18.0 Å². The highest BCUT2D eigenvalue weighted by Crippen LogP contribution is 2.30. The summed E-state index contributed by atoms with van der Waals surface area (Å²) in [6.45, 7) is 2.20. The first-order valence-electron chi connectivity index (χ1n) is 11.7. The molecular formula is C28H26N4O2. The van der Waals surface area contributed by atoms with Gasteiger partial charge in [0.2, 0.25) is 0 Å². The summed E-state index contributed by atoms with van der Waals surface area (Å²) in [6, 6.07) is 26.6. The minimum atomic E-state index is -0.200. The van der Waals surface area contributed by atoms with E-state index in [0.29, 0.717) is 6.61 Å². The number of para-hydroxylation sites is 1. The molecule has 0 unspecified atom stereocenters. The maximum absolute atomic E-state index is 9.91. The van der Waals surface area contributed by atoms with Crippen LogP contribution in [-0.4, -0.2) is 38.8 Å². The van der Waals surface area contributed by atoms with E-state index in [4.69, 9.17) is 9.72 Å². The van der Waals surface area contributed by atoms with Crippen LogP contribution >= 0.6 is 0 Å². The number of hydrogen-bond acceptors (Lipinski definition) is 5. The zero-order valence-corrected chi connectivity index (χ0v) is 18.8. The lowest BCUT2D eigenvalue weighted by Gasteiger charge is -2.32. The van der Waals surface area contributed by atoms with Gasteiger partial charge < -0.3 is 14.7 Å². The molecule has 0 amide bonds. The van der Waals surface area contributed by atoms with E-state index in [0.717, 1.165) is 70.7 Å². The molecule has 0 aliphatic carbocycles. The molecule has 0 spiro atoms. The molecule has 3 heterocycles. The average molecular weight is 451 g/mol. The van der Waals surface area contributed by atoms with Crippen LogP contribution in [0.5, 0.6) is 5.75 Å². The number of aromatic nitrogens is 3. The second kappa shape index (κ2) is 8.80. The maximum Gasteiger partial charge on any atom is 0.139 e. The molecule has 1 aliphatic heterocycles. The molecule has 1 saturated heterocycles. The molecule has 170 valence electrons. The maximum atomic E-state index is 9.91. The highest BCUT2D eigenvalue weighted by Gasteiger charge is 2.19. The predicted molar refractivity (Wildman–Crippen MR) is 135 cm³/mol. The number of benzene rings is 3. The standard InChI is InChI=1S/C28H26N4O2/c33-22-13-15-31(16-14-22)26-8-4-7-21-9-12-27(30-28(21)26)32-19-29-24-17-23(10-11-25(24)32)34-18-20-5-2-1-3-6-20/h1-12,17,19,22,33H,13-16,18H2. The molecular weight excluding hydrogens is 424 g/mol. The van der Waals surface area contributed by atoms with Crippen molar-refractivity contribution >= 4 is 27.6 Å². The van der Waals surface area contributed by atoms with Crippen LogP contribution in [0.1, 0.15) is 18.4 Å². The molecule has 6 nitrogen and oxygen atoms in total. The van der Waals surface area contributed by atoms with Crippen LogP contribution in [0.3, 0.4) is 0 Å². The van der Waals surface area contributed by atoms with E-state index in [1.54, 1.807) is 0 Å². The van der Waals surface area contributed by atoms with Crippen LogP contribution in [0.15, 0.2) is 85.2 Å². The fourth-order valence-corrected chi connectivity index (χ4v) is 4.62. The largest absolute Gasteiger partial charge is 0.489 e. The van der Waals surface area contributed by atoms with Crippen molar-refractivity contribution in [1.29, 1.82) is 0 Å². The SMILES string of the molecule is OC1CCN(c2cccc3ccc(-n4cnc5cc(OCc6ccccc6)ccc54)nc23)CC1. The summed E-state index contributed by atoms with van der Waals surface area (Å²) in [6.07, 6.45) is 3.20. The minimum Gasteiger partial charge on any atom is -0.489 e. The summed E-state index contributed by atoms with van der Waals surface area (Å²) in [5.74, 6) is 1.63. The van der Waals surface area contributed by atoms with Crippen LogP contribution < -0.4 is 9.64 Å². The van der Waals surface area contributed by atoms with Crippen molar-refractivity contribution in [2.45, 2.75) is 25.6 Å². The second-order valence-corrected chi connectivity index (χ2v) is 8.78. The number of nitrogens with zero attached hydrogens (tertiary/aromatic N) is 4. The molecule has 5 aromatic rings. The highest BCUT2D eigenvalue weighted by molar-refractivity contribution is 5.92. The van der Waals surface area contributed by atoms with Crippen LogP contribution in [0, 0.1) is 0 Å². The van der Waals surface area contributed by atoms with Crippen molar-refractivity contribution in [3.05, 3.63) is 90.8 Å². The number of anilines is 1. The molecule has 34 heavy (non-hydrogen) atoms. The Kier molecular flexibility index (Phi) is 5.35. The number of pyridine rings is 1. The van der Waals surface area contributed by atoms with Gasteiger partial charge in [0, 0.05) is 24.5 Å². The molecule has 0 bridgehead atoms. The van der Waals surface area contributed by atoms with Gasteiger partial charge >= 0.3 is 0 Å². The summed E-state index contributed by atoms with van der Waals surface area (Å²) in [5, 5.41) is 11.0. The molecule has 1 aliphatic rings. The van der Waals surface area contributed by atoms with E-state index in [1.807, 2.05) is 53.4 Å². The van der Waals surface area contributed by atoms with E-state index in [-0.39, 0.29) is 6.10 Å². The third kappa shape index (κ3) is 3.97. The molecule has 1 fully saturated rings. The van der Waals surface area contributed by atoms with E-state index >= 15 is 0 Å². The smallest absolute Gasteiger partial charge is 0.139 e. The number of aliphatic hydroxyl groups is 1. The first-order chi connectivity index (χ1) is 16.7. The van der Waals surface area contributed by atoms with Crippen LogP contribution in [-0.2, 0) is 6.61 Å². The molecule has 6 rings (SSSR count). The quantitative estimate of drug-likeness (QED) is 0.403. The van der Waals surface area contributed by atoms with Gasteiger partial charge in [-0.15, -0.1) is 0 Å². The zero-order chi connectivity index (χ0) is 22.9. The van der Waals surface area contributed by atoms with E-state index < -0.39 is 0 Å². The van der Waals surface area contributed by atoms with Gasteiger partial charge in [0.25, 0.3) is 0 Å². The first kappa shape index (κ1) is 20.7. The molecule has 1 N–H and O–H groups in total.